The van der Waals surface area contributed by atoms with Crippen molar-refractivity contribution in [2.45, 2.75) is 19.1 Å². The van der Waals surface area contributed by atoms with Crippen LogP contribution in [0.3, 0.4) is 0 Å². The summed E-state index contributed by atoms with van der Waals surface area (Å²) in [4.78, 5) is 30.0. The topological polar surface area (TPSA) is 100 Å². The van der Waals surface area contributed by atoms with Gasteiger partial charge in [0.25, 0.3) is 5.56 Å². The smallest absolute Gasteiger partial charge is 0.416 e. The van der Waals surface area contributed by atoms with E-state index in [-0.39, 0.29) is 16.8 Å². The Morgan fingerprint density at radius 1 is 1.27 bits per heavy atom. The van der Waals surface area contributed by atoms with Gasteiger partial charge in [-0.1, -0.05) is 0 Å². The third kappa shape index (κ3) is 3.68. The first kappa shape index (κ1) is 17.5. The number of nitrogens with one attached hydrogen (secondary N) is 3. The number of alkyl halides is 3. The van der Waals surface area contributed by atoms with Crippen LogP contribution in [-0.2, 0) is 0 Å². The number of hydrogen-bond acceptors (Lipinski definition) is 4. The van der Waals surface area contributed by atoms with E-state index in [0.29, 0.717) is 5.52 Å². The Morgan fingerprint density at radius 2 is 2.04 bits per heavy atom. The van der Waals surface area contributed by atoms with Crippen molar-refractivity contribution in [3.8, 4) is 0 Å². The fourth-order valence-electron chi connectivity index (χ4n) is 2.37. The van der Waals surface area contributed by atoms with Crippen molar-refractivity contribution in [1.82, 2.24) is 15.3 Å². The number of fused-ring (bicyclic) bond motifs is 1. The van der Waals surface area contributed by atoms with Gasteiger partial charge in [-0.05, 0) is 37.3 Å². The molecule has 2 aromatic heterocycles. The normalized spacial score (nSPS) is 12.8. The summed E-state index contributed by atoms with van der Waals surface area (Å²) in [7, 11) is 0. The minimum atomic E-state index is -4.74. The Morgan fingerprint density at radius 3 is 2.69 bits per heavy atom. The van der Waals surface area contributed by atoms with Crippen LogP contribution in [0.15, 0.2) is 45.9 Å². The predicted molar refractivity (Wildman–Crippen MR) is 86.8 cm³/mol. The summed E-state index contributed by atoms with van der Waals surface area (Å²) >= 11 is 0. The number of hydrogen-bond donors (Lipinski definition) is 3. The summed E-state index contributed by atoms with van der Waals surface area (Å²) in [6.07, 6.45) is -3.52. The second kappa shape index (κ2) is 6.54. The molecule has 3 aromatic rings. The number of anilines is 1. The van der Waals surface area contributed by atoms with Crippen LogP contribution in [0.1, 0.15) is 17.6 Å². The van der Waals surface area contributed by atoms with E-state index in [0.717, 1.165) is 6.07 Å². The van der Waals surface area contributed by atoms with Crippen molar-refractivity contribution in [2.75, 3.05) is 5.32 Å². The fraction of sp³-hybridized carbons (Fsp3) is 0.188. The number of benzene rings is 1. The van der Waals surface area contributed by atoms with Crippen molar-refractivity contribution < 1.29 is 22.4 Å². The number of H-pyrrole nitrogens is 1. The molecule has 2 amide bonds. The first-order valence-electron chi connectivity index (χ1n) is 7.42. The second-order valence-electron chi connectivity index (χ2n) is 5.49. The molecule has 0 spiro atoms. The quantitative estimate of drug-likeness (QED) is 0.662. The predicted octanol–water partition coefficient (Wildman–Crippen LogP) is 3.25. The molecule has 0 fully saturated rings. The van der Waals surface area contributed by atoms with Gasteiger partial charge in [-0.3, -0.25) is 4.79 Å². The van der Waals surface area contributed by atoms with Crippen molar-refractivity contribution in [3.05, 3.63) is 58.5 Å². The van der Waals surface area contributed by atoms with E-state index in [4.69, 9.17) is 4.42 Å². The number of furan rings is 1. The molecular formula is C16H13F3N4O3. The van der Waals surface area contributed by atoms with Gasteiger partial charge in [0.05, 0.1) is 17.2 Å². The molecule has 0 aliphatic rings. The van der Waals surface area contributed by atoms with Crippen LogP contribution < -0.4 is 16.2 Å². The molecule has 3 rings (SSSR count). The standard InChI is InChI=1S/C16H13F3N4O3/c1-8-2-5-12(26-8)13(16(17,18)19)23-15(25)22-9-3-4-11-10(6-9)14(24)21-7-20-11/h2-7,13H,1H3,(H,20,21,24)(H2,22,23,25). The van der Waals surface area contributed by atoms with Crippen molar-refractivity contribution >= 4 is 22.6 Å². The highest BCUT2D eigenvalue weighted by Crippen LogP contribution is 2.33. The van der Waals surface area contributed by atoms with Crippen molar-refractivity contribution in [1.29, 1.82) is 0 Å². The van der Waals surface area contributed by atoms with E-state index in [1.165, 1.54) is 37.5 Å². The zero-order chi connectivity index (χ0) is 18.9. The average molecular weight is 366 g/mol. The Balaban J connectivity index is 1.80. The number of urea groups is 1. The van der Waals surface area contributed by atoms with Gasteiger partial charge in [0.1, 0.15) is 11.5 Å². The van der Waals surface area contributed by atoms with Gasteiger partial charge in [-0.15, -0.1) is 0 Å². The highest BCUT2D eigenvalue weighted by Gasteiger charge is 2.44. The molecule has 10 heteroatoms. The van der Waals surface area contributed by atoms with Gasteiger partial charge in [0, 0.05) is 5.69 Å². The minimum absolute atomic E-state index is 0.144. The number of aromatic amines is 1. The number of carbonyl (C=O) groups is 1. The number of nitrogens with zero attached hydrogens (tertiary/aromatic N) is 1. The molecule has 0 saturated heterocycles. The maximum absolute atomic E-state index is 13.2. The van der Waals surface area contributed by atoms with E-state index in [1.54, 1.807) is 0 Å². The SMILES string of the molecule is Cc1ccc(C(NC(=O)Nc2ccc3nc[nH]c(=O)c3c2)C(F)(F)F)o1. The lowest BCUT2D eigenvalue weighted by atomic mass is 10.2. The minimum Gasteiger partial charge on any atom is -0.464 e. The number of rotatable bonds is 3. The maximum atomic E-state index is 13.2. The lowest BCUT2D eigenvalue weighted by Gasteiger charge is -2.20. The van der Waals surface area contributed by atoms with Gasteiger partial charge < -0.3 is 20.0 Å². The van der Waals surface area contributed by atoms with E-state index >= 15 is 0 Å². The van der Waals surface area contributed by atoms with Crippen LogP contribution in [0.2, 0.25) is 0 Å². The van der Waals surface area contributed by atoms with Crippen molar-refractivity contribution in [2.24, 2.45) is 0 Å². The molecule has 0 bridgehead atoms. The molecule has 1 aromatic carbocycles. The first-order valence-corrected chi connectivity index (χ1v) is 7.42. The van der Waals surface area contributed by atoms with E-state index in [2.05, 4.69) is 15.3 Å². The van der Waals surface area contributed by atoms with Gasteiger partial charge in [0.2, 0.25) is 0 Å². The third-order valence-electron chi connectivity index (χ3n) is 3.55. The second-order valence-corrected chi connectivity index (χ2v) is 5.49. The molecule has 3 N–H and O–H groups in total. The van der Waals surface area contributed by atoms with E-state index in [9.17, 15) is 22.8 Å². The summed E-state index contributed by atoms with van der Waals surface area (Å²) < 4.78 is 44.6. The molecule has 0 saturated carbocycles. The Bertz CT molecular complexity index is 1010. The summed E-state index contributed by atoms with van der Waals surface area (Å²) in [5.41, 5.74) is 0.0993. The van der Waals surface area contributed by atoms with E-state index in [1.807, 2.05) is 5.32 Å². The number of amides is 2. The monoisotopic (exact) mass is 366 g/mol. The van der Waals surface area contributed by atoms with Crippen LogP contribution >= 0.6 is 0 Å². The Hall–Kier alpha value is -3.30. The number of carbonyl (C=O) groups excluding carboxylic acids is 1. The zero-order valence-electron chi connectivity index (χ0n) is 13.3. The summed E-state index contributed by atoms with van der Waals surface area (Å²) in [5.74, 6) is -0.137. The number of halogens is 3. The largest absolute Gasteiger partial charge is 0.464 e. The third-order valence-corrected chi connectivity index (χ3v) is 3.55. The van der Waals surface area contributed by atoms with Crippen LogP contribution in [0.5, 0.6) is 0 Å². The molecule has 26 heavy (non-hydrogen) atoms. The van der Waals surface area contributed by atoms with Crippen molar-refractivity contribution in [3.63, 3.8) is 0 Å². The number of aromatic nitrogens is 2. The fourth-order valence-corrected chi connectivity index (χ4v) is 2.37. The lowest BCUT2D eigenvalue weighted by Crippen LogP contribution is -2.40. The molecule has 7 nitrogen and oxygen atoms in total. The van der Waals surface area contributed by atoms with Crippen LogP contribution in [0.4, 0.5) is 23.7 Å². The van der Waals surface area contributed by atoms with E-state index < -0.39 is 29.6 Å². The Kier molecular flexibility index (Phi) is 4.41. The van der Waals surface area contributed by atoms with Gasteiger partial charge >= 0.3 is 12.2 Å². The van der Waals surface area contributed by atoms with Crippen LogP contribution in [0, 0.1) is 6.92 Å². The van der Waals surface area contributed by atoms with Gasteiger partial charge in [-0.2, -0.15) is 13.2 Å². The lowest BCUT2D eigenvalue weighted by molar-refractivity contribution is -0.158. The summed E-state index contributed by atoms with van der Waals surface area (Å²) in [6.45, 7) is 1.50. The van der Waals surface area contributed by atoms with Gasteiger partial charge in [-0.25, -0.2) is 9.78 Å². The zero-order valence-corrected chi connectivity index (χ0v) is 13.3. The molecule has 2 heterocycles. The Labute approximate surface area is 144 Å². The molecular weight excluding hydrogens is 353 g/mol. The average Bonchev–Trinajstić information content (AvgIpc) is 2.98. The molecule has 136 valence electrons. The van der Waals surface area contributed by atoms with Gasteiger partial charge in [0.15, 0.2) is 6.04 Å². The van der Waals surface area contributed by atoms with Crippen LogP contribution in [0.25, 0.3) is 10.9 Å². The molecule has 0 radical (unpaired) electrons. The molecule has 1 atom stereocenters. The molecule has 1 unspecified atom stereocenters. The summed E-state index contributed by atoms with van der Waals surface area (Å²) in [6, 6.07) is 3.33. The number of aryl methyl sites for hydroxylation is 1. The maximum Gasteiger partial charge on any atom is 0.416 e. The van der Waals surface area contributed by atoms with Crippen LogP contribution in [-0.4, -0.2) is 22.2 Å². The highest BCUT2D eigenvalue weighted by molar-refractivity contribution is 5.92. The summed E-state index contributed by atoms with van der Waals surface area (Å²) in [5, 5.41) is 4.29. The highest BCUT2D eigenvalue weighted by atomic mass is 19.4. The molecule has 0 aliphatic carbocycles. The first-order chi connectivity index (χ1) is 12.2. The molecule has 0 aliphatic heterocycles.